The SMILES string of the molecule is CC(Nc1cc(-c2n[nH]c(=O)o2)cc(Br)c1Cl)C1CCNCC1. The van der Waals surface area contributed by atoms with E-state index in [0.29, 0.717) is 22.5 Å². The normalized spacial score (nSPS) is 17.2. The predicted octanol–water partition coefficient (Wildman–Crippen LogP) is 3.25. The van der Waals surface area contributed by atoms with E-state index in [0.717, 1.165) is 36.1 Å². The van der Waals surface area contributed by atoms with Crippen LogP contribution in [0, 0.1) is 5.92 Å². The molecule has 3 rings (SSSR count). The zero-order valence-electron chi connectivity index (χ0n) is 12.7. The average molecular weight is 402 g/mol. The van der Waals surface area contributed by atoms with Crippen molar-refractivity contribution in [1.29, 1.82) is 0 Å². The molecule has 0 spiro atoms. The highest BCUT2D eigenvalue weighted by Crippen LogP contribution is 2.36. The summed E-state index contributed by atoms with van der Waals surface area (Å²) in [6.07, 6.45) is 2.28. The minimum Gasteiger partial charge on any atom is -0.388 e. The molecule has 1 aromatic carbocycles. The van der Waals surface area contributed by atoms with Gasteiger partial charge < -0.3 is 15.1 Å². The summed E-state index contributed by atoms with van der Waals surface area (Å²) in [6, 6.07) is 3.92. The molecule has 2 heterocycles. The number of nitrogens with zero attached hydrogens (tertiary/aromatic N) is 1. The van der Waals surface area contributed by atoms with Gasteiger partial charge in [-0.3, -0.25) is 0 Å². The van der Waals surface area contributed by atoms with Gasteiger partial charge in [0.1, 0.15) is 0 Å². The average Bonchev–Trinajstić information content (AvgIpc) is 2.99. The van der Waals surface area contributed by atoms with Crippen molar-refractivity contribution in [2.75, 3.05) is 18.4 Å². The summed E-state index contributed by atoms with van der Waals surface area (Å²) in [5.41, 5.74) is 1.48. The van der Waals surface area contributed by atoms with Crippen LogP contribution in [0.3, 0.4) is 0 Å². The van der Waals surface area contributed by atoms with E-state index in [1.54, 1.807) is 6.07 Å². The molecule has 1 aromatic heterocycles. The van der Waals surface area contributed by atoms with Crippen LogP contribution in [0.15, 0.2) is 25.8 Å². The van der Waals surface area contributed by atoms with Crippen LogP contribution in [0.1, 0.15) is 19.8 Å². The first kappa shape index (κ1) is 16.5. The highest BCUT2D eigenvalue weighted by Gasteiger charge is 2.21. The standard InChI is InChI=1S/C15H18BrClN4O2/c1-8(9-2-4-18-5-3-9)19-12-7-10(6-11(16)13(12)17)14-20-21-15(22)23-14/h6-9,18-19H,2-5H2,1H3,(H,21,22). The molecule has 0 amide bonds. The van der Waals surface area contributed by atoms with E-state index in [1.807, 2.05) is 6.07 Å². The number of aromatic amines is 1. The van der Waals surface area contributed by atoms with E-state index in [2.05, 4.69) is 43.7 Å². The summed E-state index contributed by atoms with van der Waals surface area (Å²) in [5, 5.41) is 13.6. The summed E-state index contributed by atoms with van der Waals surface area (Å²) >= 11 is 9.85. The smallest absolute Gasteiger partial charge is 0.388 e. The molecule has 0 saturated carbocycles. The Balaban J connectivity index is 1.85. The molecule has 1 aliphatic heterocycles. The van der Waals surface area contributed by atoms with Crippen molar-refractivity contribution in [2.24, 2.45) is 5.92 Å². The number of rotatable bonds is 4. The molecule has 1 unspecified atom stereocenters. The van der Waals surface area contributed by atoms with Crippen LogP contribution >= 0.6 is 27.5 Å². The Morgan fingerprint density at radius 2 is 2.17 bits per heavy atom. The topological polar surface area (TPSA) is 83.0 Å². The molecule has 1 saturated heterocycles. The number of hydrogen-bond acceptors (Lipinski definition) is 5. The fourth-order valence-corrected chi connectivity index (χ4v) is 3.50. The quantitative estimate of drug-likeness (QED) is 0.732. The maximum atomic E-state index is 11.1. The van der Waals surface area contributed by atoms with Crippen molar-refractivity contribution in [2.45, 2.75) is 25.8 Å². The van der Waals surface area contributed by atoms with Crippen LogP contribution in [-0.2, 0) is 0 Å². The molecule has 124 valence electrons. The summed E-state index contributed by atoms with van der Waals surface area (Å²) < 4.78 is 5.74. The largest absolute Gasteiger partial charge is 0.434 e. The molecule has 2 aromatic rings. The molecule has 23 heavy (non-hydrogen) atoms. The van der Waals surface area contributed by atoms with E-state index in [4.69, 9.17) is 16.0 Å². The van der Waals surface area contributed by atoms with Gasteiger partial charge in [-0.25, -0.2) is 9.89 Å². The minimum atomic E-state index is -0.580. The zero-order chi connectivity index (χ0) is 16.4. The maximum Gasteiger partial charge on any atom is 0.434 e. The third-order valence-corrected chi connectivity index (χ3v) is 5.45. The van der Waals surface area contributed by atoms with Gasteiger partial charge in [-0.2, -0.15) is 0 Å². The van der Waals surface area contributed by atoms with E-state index in [9.17, 15) is 4.79 Å². The molecule has 1 atom stereocenters. The van der Waals surface area contributed by atoms with Crippen molar-refractivity contribution in [3.05, 3.63) is 32.2 Å². The van der Waals surface area contributed by atoms with Crippen LogP contribution < -0.4 is 16.4 Å². The number of benzene rings is 1. The Hall–Kier alpha value is -1.31. The Labute approximate surface area is 147 Å². The van der Waals surface area contributed by atoms with Crippen LogP contribution in [0.25, 0.3) is 11.5 Å². The monoisotopic (exact) mass is 400 g/mol. The van der Waals surface area contributed by atoms with Crippen LogP contribution in [0.4, 0.5) is 5.69 Å². The third-order valence-electron chi connectivity index (χ3n) is 4.19. The summed E-state index contributed by atoms with van der Waals surface area (Å²) in [5.74, 6) is 0.256. The minimum absolute atomic E-state index is 0.241. The number of hydrogen-bond donors (Lipinski definition) is 3. The molecule has 6 nitrogen and oxygen atoms in total. The Kier molecular flexibility index (Phi) is 5.08. The van der Waals surface area contributed by atoms with Gasteiger partial charge in [-0.05, 0) is 66.8 Å². The van der Waals surface area contributed by atoms with E-state index >= 15 is 0 Å². The summed E-state index contributed by atoms with van der Waals surface area (Å²) in [4.78, 5) is 11.1. The van der Waals surface area contributed by atoms with Gasteiger partial charge in [-0.1, -0.05) is 11.6 Å². The van der Waals surface area contributed by atoms with Gasteiger partial charge in [0.2, 0.25) is 5.89 Å². The van der Waals surface area contributed by atoms with Gasteiger partial charge in [0.25, 0.3) is 0 Å². The number of aromatic nitrogens is 2. The van der Waals surface area contributed by atoms with E-state index in [-0.39, 0.29) is 5.89 Å². The lowest BCUT2D eigenvalue weighted by Gasteiger charge is -2.30. The first-order valence-corrected chi connectivity index (χ1v) is 8.74. The highest BCUT2D eigenvalue weighted by atomic mass is 79.9. The molecular weight excluding hydrogens is 384 g/mol. The molecule has 3 N–H and O–H groups in total. The van der Waals surface area contributed by atoms with Crippen LogP contribution in [0.2, 0.25) is 5.02 Å². The Morgan fingerprint density at radius 1 is 1.43 bits per heavy atom. The Morgan fingerprint density at radius 3 is 2.83 bits per heavy atom. The predicted molar refractivity (Wildman–Crippen MR) is 93.9 cm³/mol. The van der Waals surface area contributed by atoms with Crippen LogP contribution in [0.5, 0.6) is 0 Å². The van der Waals surface area contributed by atoms with Gasteiger partial charge in [0.15, 0.2) is 0 Å². The van der Waals surface area contributed by atoms with Crippen LogP contribution in [-0.4, -0.2) is 29.3 Å². The fraction of sp³-hybridized carbons (Fsp3) is 0.467. The molecule has 0 aliphatic carbocycles. The maximum absolute atomic E-state index is 11.1. The van der Waals surface area contributed by atoms with Crippen molar-refractivity contribution in [3.63, 3.8) is 0 Å². The number of anilines is 1. The first-order chi connectivity index (χ1) is 11.0. The second kappa shape index (κ2) is 7.07. The molecular formula is C15H18BrClN4O2. The summed E-state index contributed by atoms with van der Waals surface area (Å²) in [6.45, 7) is 4.26. The molecule has 8 heteroatoms. The lowest BCUT2D eigenvalue weighted by atomic mass is 9.91. The van der Waals surface area contributed by atoms with E-state index in [1.165, 1.54) is 0 Å². The van der Waals surface area contributed by atoms with E-state index < -0.39 is 5.76 Å². The second-order valence-electron chi connectivity index (χ2n) is 5.76. The van der Waals surface area contributed by atoms with Gasteiger partial charge in [0.05, 0.1) is 10.7 Å². The number of H-pyrrole nitrogens is 1. The lowest BCUT2D eigenvalue weighted by molar-refractivity contribution is 0.343. The number of piperidine rings is 1. The molecule has 1 aliphatic rings. The van der Waals surface area contributed by atoms with Gasteiger partial charge >= 0.3 is 5.76 Å². The number of nitrogens with one attached hydrogen (secondary N) is 3. The van der Waals surface area contributed by atoms with Crippen molar-refractivity contribution < 1.29 is 4.42 Å². The van der Waals surface area contributed by atoms with Gasteiger partial charge in [0, 0.05) is 16.1 Å². The Bertz CT molecular complexity index is 739. The second-order valence-corrected chi connectivity index (χ2v) is 6.99. The van der Waals surface area contributed by atoms with Crippen molar-refractivity contribution >= 4 is 33.2 Å². The molecule has 0 radical (unpaired) electrons. The highest BCUT2D eigenvalue weighted by molar-refractivity contribution is 9.10. The summed E-state index contributed by atoms with van der Waals surface area (Å²) in [7, 11) is 0. The zero-order valence-corrected chi connectivity index (χ0v) is 15.0. The van der Waals surface area contributed by atoms with Gasteiger partial charge in [-0.15, -0.1) is 5.10 Å². The molecule has 1 fully saturated rings. The fourth-order valence-electron chi connectivity index (χ4n) is 2.88. The lowest BCUT2D eigenvalue weighted by Crippen LogP contribution is -2.36. The van der Waals surface area contributed by atoms with Crippen molar-refractivity contribution in [3.8, 4) is 11.5 Å². The third kappa shape index (κ3) is 3.79. The first-order valence-electron chi connectivity index (χ1n) is 7.57. The number of halogens is 2. The van der Waals surface area contributed by atoms with Crippen molar-refractivity contribution in [1.82, 2.24) is 15.5 Å². The molecule has 0 bridgehead atoms.